The van der Waals surface area contributed by atoms with Gasteiger partial charge in [-0.3, -0.25) is 9.52 Å². The minimum absolute atomic E-state index is 0.649. The maximum atomic E-state index is 5.45. The average Bonchev–Trinajstić information content (AvgIpc) is 2.71. The molecule has 2 rings (SSSR count). The number of aromatic nitrogens is 3. The molecule has 72 valence electrons. The molecular weight excluding hydrogens is 200 g/mol. The maximum absolute atomic E-state index is 5.45. The third kappa shape index (κ3) is 2.03. The van der Waals surface area contributed by atoms with Crippen LogP contribution in [0.25, 0.3) is 0 Å². The van der Waals surface area contributed by atoms with Crippen LogP contribution in [0.15, 0.2) is 36.8 Å². The summed E-state index contributed by atoms with van der Waals surface area (Å²) >= 11 is 5.45. The van der Waals surface area contributed by atoms with Crippen LogP contribution >= 0.6 is 11.8 Å². The molecule has 0 unspecified atom stereocenters. The van der Waals surface area contributed by atoms with Crippen molar-refractivity contribution in [3.05, 3.63) is 42.4 Å². The lowest BCUT2D eigenvalue weighted by Gasteiger charge is -2.03. The minimum atomic E-state index is 0.649. The Bertz CT molecular complexity index is 399. The van der Waals surface area contributed by atoms with Gasteiger partial charge in [0.15, 0.2) is 0 Å². The van der Waals surface area contributed by atoms with Crippen molar-refractivity contribution in [2.75, 3.05) is 4.84 Å². The summed E-state index contributed by atoms with van der Waals surface area (Å²) in [5.74, 6) is 0.649. The van der Waals surface area contributed by atoms with Gasteiger partial charge >= 0.3 is 0 Å². The minimum Gasteiger partial charge on any atom is -0.283 e. The molecule has 1 N–H and O–H groups in total. The van der Waals surface area contributed by atoms with Crippen molar-refractivity contribution >= 4 is 17.6 Å². The first-order chi connectivity index (χ1) is 6.88. The molecule has 0 aliphatic heterocycles. The Labute approximate surface area is 86.6 Å². The second-order valence-electron chi connectivity index (χ2n) is 2.85. The van der Waals surface area contributed by atoms with Gasteiger partial charge < -0.3 is 0 Å². The van der Waals surface area contributed by atoms with Gasteiger partial charge in [0.1, 0.15) is 5.82 Å². The first kappa shape index (κ1) is 9.02. The molecule has 0 amide bonds. The van der Waals surface area contributed by atoms with Crippen LogP contribution in [0.4, 0.5) is 5.82 Å². The number of rotatable bonds is 3. The van der Waals surface area contributed by atoms with Crippen molar-refractivity contribution < 1.29 is 0 Å². The predicted octanol–water partition coefficient (Wildman–Crippen LogP) is 1.89. The Morgan fingerprint density at radius 3 is 3.07 bits per heavy atom. The van der Waals surface area contributed by atoms with Gasteiger partial charge in [-0.25, -0.2) is 4.98 Å². The summed E-state index contributed by atoms with van der Waals surface area (Å²) in [7, 11) is 0. The molecule has 2 aromatic rings. The summed E-state index contributed by atoms with van der Waals surface area (Å²) in [4.78, 5) is 6.49. The smallest absolute Gasteiger partial charge is 0.140 e. The molecule has 2 aromatic heterocycles. The Morgan fingerprint density at radius 1 is 1.43 bits per heavy atom. The van der Waals surface area contributed by atoms with E-state index in [-0.39, 0.29) is 0 Å². The SMILES string of the molecule is ClNc1cc(Cn2cccn2)ccn1. The quantitative estimate of drug-likeness (QED) is 0.784. The van der Waals surface area contributed by atoms with Crippen molar-refractivity contribution in [2.45, 2.75) is 6.54 Å². The summed E-state index contributed by atoms with van der Waals surface area (Å²) in [5.41, 5.74) is 1.10. The molecule has 0 saturated heterocycles. The topological polar surface area (TPSA) is 42.7 Å². The highest BCUT2D eigenvalue weighted by molar-refractivity contribution is 6.23. The number of anilines is 1. The Hall–Kier alpha value is -1.55. The fourth-order valence-electron chi connectivity index (χ4n) is 1.21. The molecule has 0 atom stereocenters. The number of nitrogens with one attached hydrogen (secondary N) is 1. The lowest BCUT2D eigenvalue weighted by molar-refractivity contribution is 0.686. The van der Waals surface area contributed by atoms with Gasteiger partial charge in [-0.2, -0.15) is 5.10 Å². The van der Waals surface area contributed by atoms with Gasteiger partial charge in [-0.1, -0.05) is 0 Å². The summed E-state index contributed by atoms with van der Waals surface area (Å²) in [6.07, 6.45) is 5.37. The lowest BCUT2D eigenvalue weighted by Crippen LogP contribution is -2.00. The summed E-state index contributed by atoms with van der Waals surface area (Å²) in [6, 6.07) is 5.70. The third-order valence-electron chi connectivity index (χ3n) is 1.82. The largest absolute Gasteiger partial charge is 0.283 e. The molecule has 0 fully saturated rings. The summed E-state index contributed by atoms with van der Waals surface area (Å²) < 4.78 is 1.84. The molecule has 0 radical (unpaired) electrons. The molecular formula is C9H9ClN4. The highest BCUT2D eigenvalue weighted by atomic mass is 35.5. The molecule has 4 nitrogen and oxygen atoms in total. The molecule has 0 aliphatic carbocycles. The van der Waals surface area contributed by atoms with E-state index in [4.69, 9.17) is 11.8 Å². The van der Waals surface area contributed by atoms with Crippen molar-refractivity contribution in [1.82, 2.24) is 14.8 Å². The van der Waals surface area contributed by atoms with Crippen molar-refractivity contribution in [1.29, 1.82) is 0 Å². The van der Waals surface area contributed by atoms with E-state index in [1.54, 1.807) is 12.4 Å². The Kier molecular flexibility index (Phi) is 2.65. The van der Waals surface area contributed by atoms with Crippen molar-refractivity contribution in [3.63, 3.8) is 0 Å². The number of hydrogen-bond acceptors (Lipinski definition) is 3. The normalized spacial score (nSPS) is 10.1. The highest BCUT2D eigenvalue weighted by Crippen LogP contribution is 2.08. The van der Waals surface area contributed by atoms with Gasteiger partial charge in [-0.15, -0.1) is 0 Å². The van der Waals surface area contributed by atoms with Crippen molar-refractivity contribution in [2.24, 2.45) is 0 Å². The van der Waals surface area contributed by atoms with E-state index in [0.29, 0.717) is 5.82 Å². The highest BCUT2D eigenvalue weighted by Gasteiger charge is 1.97. The van der Waals surface area contributed by atoms with E-state index in [2.05, 4.69) is 14.9 Å². The van der Waals surface area contributed by atoms with Crippen LogP contribution in [-0.2, 0) is 6.54 Å². The summed E-state index contributed by atoms with van der Waals surface area (Å²) in [5, 5.41) is 4.11. The van der Waals surface area contributed by atoms with Gasteiger partial charge in [-0.05, 0) is 23.8 Å². The first-order valence-corrected chi connectivity index (χ1v) is 4.55. The summed E-state index contributed by atoms with van der Waals surface area (Å²) in [6.45, 7) is 0.723. The number of nitrogens with zero attached hydrogens (tertiary/aromatic N) is 3. The molecule has 14 heavy (non-hydrogen) atoms. The fraction of sp³-hybridized carbons (Fsp3) is 0.111. The predicted molar refractivity (Wildman–Crippen MR) is 55.0 cm³/mol. The molecule has 0 bridgehead atoms. The van der Waals surface area contributed by atoms with Crippen LogP contribution < -0.4 is 4.84 Å². The van der Waals surface area contributed by atoms with Crippen LogP contribution in [0.2, 0.25) is 0 Å². The number of pyridine rings is 1. The van der Waals surface area contributed by atoms with Crippen molar-refractivity contribution in [3.8, 4) is 0 Å². The Balaban J connectivity index is 2.17. The van der Waals surface area contributed by atoms with E-state index in [1.807, 2.05) is 29.1 Å². The maximum Gasteiger partial charge on any atom is 0.140 e. The van der Waals surface area contributed by atoms with E-state index in [1.165, 1.54) is 0 Å². The monoisotopic (exact) mass is 208 g/mol. The van der Waals surface area contributed by atoms with E-state index in [9.17, 15) is 0 Å². The van der Waals surface area contributed by atoms with E-state index in [0.717, 1.165) is 12.1 Å². The van der Waals surface area contributed by atoms with E-state index >= 15 is 0 Å². The van der Waals surface area contributed by atoms with Crippen LogP contribution in [0.5, 0.6) is 0 Å². The molecule has 0 saturated carbocycles. The van der Waals surface area contributed by atoms with Crippen LogP contribution in [0.3, 0.4) is 0 Å². The second kappa shape index (κ2) is 4.11. The molecule has 2 heterocycles. The Morgan fingerprint density at radius 2 is 2.36 bits per heavy atom. The zero-order valence-electron chi connectivity index (χ0n) is 7.39. The molecule has 0 aliphatic rings. The molecule has 5 heteroatoms. The fourth-order valence-corrected chi connectivity index (χ4v) is 1.31. The first-order valence-electron chi connectivity index (χ1n) is 4.17. The van der Waals surface area contributed by atoms with Crippen LogP contribution in [-0.4, -0.2) is 14.8 Å². The van der Waals surface area contributed by atoms with Crippen LogP contribution in [0, 0.1) is 0 Å². The van der Waals surface area contributed by atoms with Crippen LogP contribution in [0.1, 0.15) is 5.56 Å². The average molecular weight is 209 g/mol. The number of hydrogen-bond donors (Lipinski definition) is 1. The second-order valence-corrected chi connectivity index (χ2v) is 3.04. The molecule has 0 aromatic carbocycles. The van der Waals surface area contributed by atoms with Gasteiger partial charge in [0.05, 0.1) is 6.54 Å². The lowest BCUT2D eigenvalue weighted by atomic mass is 10.2. The van der Waals surface area contributed by atoms with E-state index < -0.39 is 0 Å². The van der Waals surface area contributed by atoms with Gasteiger partial charge in [0.25, 0.3) is 0 Å². The zero-order chi connectivity index (χ0) is 9.80. The number of halogens is 1. The molecule has 0 spiro atoms. The standard InChI is InChI=1S/C9H9ClN4/c10-13-9-6-8(2-4-11-9)7-14-5-1-3-12-14/h1-6H,7H2,(H,11,13). The third-order valence-corrected chi connectivity index (χ3v) is 2.02. The zero-order valence-corrected chi connectivity index (χ0v) is 8.15. The van der Waals surface area contributed by atoms with Gasteiger partial charge in [0.2, 0.25) is 0 Å². The van der Waals surface area contributed by atoms with Gasteiger partial charge in [0, 0.05) is 30.4 Å².